The lowest BCUT2D eigenvalue weighted by Gasteiger charge is -2.27. The zero-order valence-corrected chi connectivity index (χ0v) is 13.4. The van der Waals surface area contributed by atoms with Crippen LogP contribution in [0.3, 0.4) is 0 Å². The second-order valence-electron chi connectivity index (χ2n) is 7.37. The fourth-order valence-corrected chi connectivity index (χ4v) is 1.92. The minimum Gasteiger partial charge on any atom is -0.491 e. The molecule has 1 aromatic rings. The fraction of sp³-hybridized carbons (Fsp3) is 0.647. The summed E-state index contributed by atoms with van der Waals surface area (Å²) in [6.45, 7) is 15.3. The van der Waals surface area contributed by atoms with Crippen LogP contribution in [0.25, 0.3) is 0 Å². The molecule has 0 unspecified atom stereocenters. The van der Waals surface area contributed by atoms with Crippen LogP contribution in [0.15, 0.2) is 18.2 Å². The smallest absolute Gasteiger partial charge is 0.123 e. The summed E-state index contributed by atoms with van der Waals surface area (Å²) >= 11 is 0. The van der Waals surface area contributed by atoms with Gasteiger partial charge in [-0.05, 0) is 34.9 Å². The molecule has 19 heavy (non-hydrogen) atoms. The van der Waals surface area contributed by atoms with Crippen molar-refractivity contribution in [2.24, 2.45) is 0 Å². The lowest BCUT2D eigenvalue weighted by Crippen LogP contribution is -2.20. The third-order valence-electron chi connectivity index (χ3n) is 3.13. The molecule has 0 fully saturated rings. The number of hydrogen-bond acceptors (Lipinski definition) is 2. The highest BCUT2D eigenvalue weighted by atomic mass is 16.5. The van der Waals surface area contributed by atoms with Crippen molar-refractivity contribution >= 4 is 0 Å². The summed E-state index contributed by atoms with van der Waals surface area (Å²) in [7, 11) is 0. The van der Waals surface area contributed by atoms with Crippen LogP contribution in [-0.4, -0.2) is 17.8 Å². The Morgan fingerprint density at radius 3 is 2.05 bits per heavy atom. The number of rotatable bonds is 3. The van der Waals surface area contributed by atoms with Gasteiger partial charge in [0.05, 0.1) is 6.10 Å². The molecule has 1 atom stereocenters. The van der Waals surface area contributed by atoms with Gasteiger partial charge >= 0.3 is 0 Å². The Hall–Kier alpha value is -1.02. The number of aliphatic hydroxyl groups is 1. The zero-order valence-electron chi connectivity index (χ0n) is 13.4. The second-order valence-corrected chi connectivity index (χ2v) is 7.37. The van der Waals surface area contributed by atoms with E-state index in [-0.39, 0.29) is 10.8 Å². The van der Waals surface area contributed by atoms with Crippen LogP contribution in [-0.2, 0) is 10.8 Å². The molecule has 0 amide bonds. The molecule has 0 bridgehead atoms. The highest BCUT2D eigenvalue weighted by molar-refractivity contribution is 5.43. The van der Waals surface area contributed by atoms with Gasteiger partial charge in [-0.2, -0.15) is 0 Å². The minimum absolute atomic E-state index is 0.0231. The van der Waals surface area contributed by atoms with Gasteiger partial charge in [-0.15, -0.1) is 0 Å². The third-order valence-corrected chi connectivity index (χ3v) is 3.13. The van der Waals surface area contributed by atoms with Crippen LogP contribution < -0.4 is 4.74 Å². The van der Waals surface area contributed by atoms with Crippen LogP contribution in [0.2, 0.25) is 0 Å². The number of hydrogen-bond donors (Lipinski definition) is 1. The highest BCUT2D eigenvalue weighted by Gasteiger charge is 2.23. The van der Waals surface area contributed by atoms with E-state index in [1.807, 2.05) is 6.07 Å². The van der Waals surface area contributed by atoms with Crippen molar-refractivity contribution < 1.29 is 9.84 Å². The third kappa shape index (κ3) is 4.54. The molecule has 0 saturated heterocycles. The summed E-state index contributed by atoms with van der Waals surface area (Å²) in [6, 6.07) is 6.38. The van der Waals surface area contributed by atoms with E-state index in [1.165, 1.54) is 11.1 Å². The van der Waals surface area contributed by atoms with Crippen LogP contribution in [0.4, 0.5) is 0 Å². The largest absolute Gasteiger partial charge is 0.491 e. The Morgan fingerprint density at radius 1 is 1.05 bits per heavy atom. The summed E-state index contributed by atoms with van der Waals surface area (Å²) in [5.41, 5.74) is 2.65. The average molecular weight is 264 g/mol. The van der Waals surface area contributed by atoms with Gasteiger partial charge in [0, 0.05) is 0 Å². The van der Waals surface area contributed by atoms with Gasteiger partial charge in [-0.25, -0.2) is 0 Å². The van der Waals surface area contributed by atoms with Crippen LogP contribution >= 0.6 is 0 Å². The van der Waals surface area contributed by atoms with Gasteiger partial charge in [0.2, 0.25) is 0 Å². The first-order chi connectivity index (χ1) is 8.51. The van der Waals surface area contributed by atoms with Gasteiger partial charge in [0.15, 0.2) is 0 Å². The molecule has 1 aromatic carbocycles. The first-order valence-corrected chi connectivity index (χ1v) is 6.97. The van der Waals surface area contributed by atoms with Crippen molar-refractivity contribution in [1.29, 1.82) is 0 Å². The summed E-state index contributed by atoms with van der Waals surface area (Å²) in [4.78, 5) is 0. The predicted octanol–water partition coefficient (Wildman–Crippen LogP) is 4.04. The normalized spacial score (nSPS) is 14.3. The first kappa shape index (κ1) is 16.0. The standard InChI is InChI=1S/C17H28O2/c1-12(18)11-19-15-9-8-13(16(2,3)4)10-14(15)17(5,6)7/h8-10,12,18H,11H2,1-7H3/t12-/m1/s1. The Balaban J connectivity index is 3.18. The Labute approximate surface area is 117 Å². The molecule has 2 heteroatoms. The number of ether oxygens (including phenoxy) is 1. The zero-order chi connectivity index (χ0) is 14.8. The average Bonchev–Trinajstić information content (AvgIpc) is 2.23. The molecule has 108 valence electrons. The van der Waals surface area contributed by atoms with Crippen LogP contribution in [0, 0.1) is 0 Å². The summed E-state index contributed by atoms with van der Waals surface area (Å²) in [6.07, 6.45) is -0.449. The maximum absolute atomic E-state index is 9.37. The molecule has 0 spiro atoms. The molecule has 0 heterocycles. The highest BCUT2D eigenvalue weighted by Crippen LogP contribution is 2.35. The van der Waals surface area contributed by atoms with Gasteiger partial charge in [0.25, 0.3) is 0 Å². The molecular weight excluding hydrogens is 236 g/mol. The number of benzene rings is 1. The molecule has 0 saturated carbocycles. The predicted molar refractivity (Wildman–Crippen MR) is 81.0 cm³/mol. The maximum atomic E-state index is 9.37. The molecule has 1 rings (SSSR count). The van der Waals surface area contributed by atoms with Crippen molar-refractivity contribution in [2.75, 3.05) is 6.61 Å². The van der Waals surface area contributed by atoms with E-state index in [9.17, 15) is 5.11 Å². The van der Waals surface area contributed by atoms with Crippen LogP contribution in [0.5, 0.6) is 5.75 Å². The van der Waals surface area contributed by atoms with Crippen molar-refractivity contribution in [3.8, 4) is 5.75 Å². The van der Waals surface area contributed by atoms with Crippen molar-refractivity contribution in [1.82, 2.24) is 0 Å². The van der Waals surface area contributed by atoms with Gasteiger partial charge in [-0.3, -0.25) is 0 Å². The fourth-order valence-electron chi connectivity index (χ4n) is 1.92. The Bertz CT molecular complexity index is 420. The Kier molecular flexibility index (Phi) is 4.67. The Morgan fingerprint density at radius 2 is 1.63 bits per heavy atom. The van der Waals surface area contributed by atoms with Crippen molar-refractivity contribution in [2.45, 2.75) is 65.4 Å². The molecule has 1 N–H and O–H groups in total. The molecule has 0 aliphatic rings. The molecule has 0 aliphatic carbocycles. The lowest BCUT2D eigenvalue weighted by atomic mass is 9.80. The minimum atomic E-state index is -0.449. The van der Waals surface area contributed by atoms with E-state index >= 15 is 0 Å². The van der Waals surface area contributed by atoms with E-state index < -0.39 is 6.10 Å². The first-order valence-electron chi connectivity index (χ1n) is 6.97. The molecule has 0 aliphatic heterocycles. The van der Waals surface area contributed by atoms with E-state index in [4.69, 9.17) is 4.74 Å². The van der Waals surface area contributed by atoms with Crippen molar-refractivity contribution in [3.05, 3.63) is 29.3 Å². The summed E-state index contributed by atoms with van der Waals surface area (Å²) in [5, 5.41) is 9.37. The maximum Gasteiger partial charge on any atom is 0.123 e. The summed E-state index contributed by atoms with van der Waals surface area (Å²) in [5.74, 6) is 0.876. The van der Waals surface area contributed by atoms with E-state index in [1.54, 1.807) is 6.92 Å². The second kappa shape index (κ2) is 5.54. The molecule has 0 aromatic heterocycles. The van der Waals surface area contributed by atoms with Gasteiger partial charge < -0.3 is 9.84 Å². The molecular formula is C17H28O2. The van der Waals surface area contributed by atoms with E-state index in [2.05, 4.69) is 53.7 Å². The van der Waals surface area contributed by atoms with Gasteiger partial charge in [0.1, 0.15) is 12.4 Å². The van der Waals surface area contributed by atoms with Crippen molar-refractivity contribution in [3.63, 3.8) is 0 Å². The van der Waals surface area contributed by atoms with E-state index in [0.29, 0.717) is 6.61 Å². The monoisotopic (exact) mass is 264 g/mol. The lowest BCUT2D eigenvalue weighted by molar-refractivity contribution is 0.121. The molecule has 2 nitrogen and oxygen atoms in total. The van der Waals surface area contributed by atoms with Crippen LogP contribution in [0.1, 0.15) is 59.6 Å². The van der Waals surface area contributed by atoms with Gasteiger partial charge in [-0.1, -0.05) is 53.7 Å². The van der Waals surface area contributed by atoms with E-state index in [0.717, 1.165) is 5.75 Å². The molecule has 0 radical (unpaired) electrons. The topological polar surface area (TPSA) is 29.5 Å². The number of aliphatic hydroxyl groups excluding tert-OH is 1. The summed E-state index contributed by atoms with van der Waals surface area (Å²) < 4.78 is 5.74. The quantitative estimate of drug-likeness (QED) is 0.892. The SMILES string of the molecule is C[C@@H](O)COc1ccc(C(C)(C)C)cc1C(C)(C)C.